The van der Waals surface area contributed by atoms with Crippen molar-refractivity contribution in [1.82, 2.24) is 4.90 Å². The van der Waals surface area contributed by atoms with Gasteiger partial charge in [-0.15, -0.1) is 0 Å². The lowest BCUT2D eigenvalue weighted by atomic mass is 10.2. The highest BCUT2D eigenvalue weighted by atomic mass is 16.6. The fourth-order valence-electron chi connectivity index (χ4n) is 1.61. The van der Waals surface area contributed by atoms with Gasteiger partial charge in [-0.1, -0.05) is 0 Å². The number of aliphatic hydroxyl groups is 1. The standard InChI is InChI=1S/C11H21NO3/c1-11(2,3)15-10(14)12-7-5-4-6-9(13)8-12/h9,13H,4-8H2,1-3H3/t9-/m0/s1. The molecular formula is C11H21NO3. The van der Waals surface area contributed by atoms with Crippen molar-refractivity contribution in [3.8, 4) is 0 Å². The van der Waals surface area contributed by atoms with Crippen molar-refractivity contribution in [2.24, 2.45) is 0 Å². The fraction of sp³-hybridized carbons (Fsp3) is 0.909. The van der Waals surface area contributed by atoms with E-state index in [0.717, 1.165) is 19.3 Å². The van der Waals surface area contributed by atoms with Gasteiger partial charge in [0.15, 0.2) is 0 Å². The lowest BCUT2D eigenvalue weighted by Gasteiger charge is -2.27. The van der Waals surface area contributed by atoms with E-state index in [0.29, 0.717) is 13.1 Å². The van der Waals surface area contributed by atoms with E-state index in [1.165, 1.54) is 0 Å². The van der Waals surface area contributed by atoms with Crippen LogP contribution in [0.2, 0.25) is 0 Å². The molecule has 1 atom stereocenters. The molecule has 1 amide bonds. The molecule has 0 bridgehead atoms. The maximum Gasteiger partial charge on any atom is 0.410 e. The highest BCUT2D eigenvalue weighted by molar-refractivity contribution is 5.68. The molecule has 0 spiro atoms. The second-order valence-electron chi connectivity index (χ2n) is 5.08. The van der Waals surface area contributed by atoms with Crippen LogP contribution in [0.3, 0.4) is 0 Å². The highest BCUT2D eigenvalue weighted by Crippen LogP contribution is 2.15. The summed E-state index contributed by atoms with van der Waals surface area (Å²) >= 11 is 0. The van der Waals surface area contributed by atoms with Crippen LogP contribution in [-0.2, 0) is 4.74 Å². The number of rotatable bonds is 0. The van der Waals surface area contributed by atoms with E-state index < -0.39 is 11.7 Å². The Hall–Kier alpha value is -0.770. The number of hydrogen-bond donors (Lipinski definition) is 1. The third-order valence-electron chi connectivity index (χ3n) is 2.30. The van der Waals surface area contributed by atoms with Gasteiger partial charge in [-0.05, 0) is 40.0 Å². The quantitative estimate of drug-likeness (QED) is 0.670. The molecule has 1 N–H and O–H groups in total. The minimum atomic E-state index is -0.464. The lowest BCUT2D eigenvalue weighted by molar-refractivity contribution is 0.0173. The Morgan fingerprint density at radius 3 is 2.67 bits per heavy atom. The molecule has 0 unspecified atom stereocenters. The third-order valence-corrected chi connectivity index (χ3v) is 2.30. The molecule has 0 aliphatic carbocycles. The molecule has 0 radical (unpaired) electrons. The maximum absolute atomic E-state index is 11.7. The molecule has 0 saturated carbocycles. The highest BCUT2D eigenvalue weighted by Gasteiger charge is 2.25. The first-order valence-electron chi connectivity index (χ1n) is 5.54. The summed E-state index contributed by atoms with van der Waals surface area (Å²) in [5.41, 5.74) is -0.464. The van der Waals surface area contributed by atoms with E-state index in [-0.39, 0.29) is 6.09 Å². The molecule has 0 aromatic heterocycles. The van der Waals surface area contributed by atoms with Crippen LogP contribution < -0.4 is 0 Å². The van der Waals surface area contributed by atoms with Gasteiger partial charge >= 0.3 is 6.09 Å². The zero-order valence-electron chi connectivity index (χ0n) is 9.82. The van der Waals surface area contributed by atoms with Crippen LogP contribution in [0.15, 0.2) is 0 Å². The van der Waals surface area contributed by atoms with E-state index >= 15 is 0 Å². The van der Waals surface area contributed by atoms with Crippen molar-refractivity contribution in [3.63, 3.8) is 0 Å². The molecule has 88 valence electrons. The Morgan fingerprint density at radius 2 is 2.07 bits per heavy atom. The van der Waals surface area contributed by atoms with Crippen LogP contribution >= 0.6 is 0 Å². The average molecular weight is 215 g/mol. The van der Waals surface area contributed by atoms with E-state index in [1.807, 2.05) is 20.8 Å². The van der Waals surface area contributed by atoms with Crippen molar-refractivity contribution in [3.05, 3.63) is 0 Å². The SMILES string of the molecule is CC(C)(C)OC(=O)N1CCCC[C@H](O)C1. The first-order valence-corrected chi connectivity index (χ1v) is 5.54. The number of amides is 1. The van der Waals surface area contributed by atoms with E-state index in [4.69, 9.17) is 4.74 Å². The van der Waals surface area contributed by atoms with Gasteiger partial charge in [0, 0.05) is 13.1 Å². The van der Waals surface area contributed by atoms with E-state index in [1.54, 1.807) is 4.90 Å². The fourth-order valence-corrected chi connectivity index (χ4v) is 1.61. The minimum absolute atomic E-state index is 0.316. The molecule has 1 aliphatic heterocycles. The van der Waals surface area contributed by atoms with Crippen molar-refractivity contribution >= 4 is 6.09 Å². The van der Waals surface area contributed by atoms with Gasteiger partial charge in [-0.25, -0.2) is 4.79 Å². The molecule has 1 rings (SSSR count). The van der Waals surface area contributed by atoms with Crippen LogP contribution in [0.1, 0.15) is 40.0 Å². The van der Waals surface area contributed by atoms with Crippen LogP contribution in [0, 0.1) is 0 Å². The summed E-state index contributed by atoms with van der Waals surface area (Å²) < 4.78 is 5.26. The van der Waals surface area contributed by atoms with Gasteiger partial charge in [0.05, 0.1) is 6.10 Å². The van der Waals surface area contributed by atoms with Crippen molar-refractivity contribution < 1.29 is 14.6 Å². The van der Waals surface area contributed by atoms with Crippen LogP contribution in [0.5, 0.6) is 0 Å². The molecule has 0 aromatic rings. The number of carbonyl (C=O) groups is 1. The largest absolute Gasteiger partial charge is 0.444 e. The smallest absolute Gasteiger partial charge is 0.410 e. The number of aliphatic hydroxyl groups excluding tert-OH is 1. The number of hydrogen-bond acceptors (Lipinski definition) is 3. The maximum atomic E-state index is 11.7. The molecule has 1 saturated heterocycles. The summed E-state index contributed by atoms with van der Waals surface area (Å²) in [6.45, 7) is 6.62. The summed E-state index contributed by atoms with van der Waals surface area (Å²) in [5.74, 6) is 0. The van der Waals surface area contributed by atoms with Gasteiger partial charge in [-0.3, -0.25) is 0 Å². The number of carbonyl (C=O) groups excluding carboxylic acids is 1. The second kappa shape index (κ2) is 4.84. The number of ether oxygens (including phenoxy) is 1. The molecule has 4 heteroatoms. The Labute approximate surface area is 91.2 Å². The van der Waals surface area contributed by atoms with E-state index in [2.05, 4.69) is 0 Å². The number of likely N-dealkylation sites (tertiary alicyclic amines) is 1. The Bertz CT molecular complexity index is 222. The minimum Gasteiger partial charge on any atom is -0.444 e. The summed E-state index contributed by atoms with van der Waals surface area (Å²) in [6, 6.07) is 0. The van der Waals surface area contributed by atoms with Gasteiger partial charge in [0.25, 0.3) is 0 Å². The molecule has 1 aliphatic rings. The zero-order valence-corrected chi connectivity index (χ0v) is 9.82. The van der Waals surface area contributed by atoms with Crippen molar-refractivity contribution in [1.29, 1.82) is 0 Å². The topological polar surface area (TPSA) is 49.8 Å². The van der Waals surface area contributed by atoms with Crippen LogP contribution in [0.4, 0.5) is 4.79 Å². The predicted octanol–water partition coefficient (Wildman–Crippen LogP) is 1.77. The summed E-state index contributed by atoms with van der Waals surface area (Å²) in [7, 11) is 0. The average Bonchev–Trinajstić information content (AvgIpc) is 2.26. The zero-order chi connectivity index (χ0) is 11.5. The summed E-state index contributed by atoms with van der Waals surface area (Å²) in [6.07, 6.45) is 1.97. The first kappa shape index (κ1) is 12.3. The molecule has 0 aromatic carbocycles. The Balaban J connectivity index is 2.50. The van der Waals surface area contributed by atoms with Gasteiger partial charge in [-0.2, -0.15) is 0 Å². The van der Waals surface area contributed by atoms with Gasteiger partial charge in [0.1, 0.15) is 5.60 Å². The van der Waals surface area contributed by atoms with E-state index in [9.17, 15) is 9.90 Å². The van der Waals surface area contributed by atoms with Crippen molar-refractivity contribution in [2.45, 2.75) is 51.7 Å². The molecule has 1 heterocycles. The molecule has 1 fully saturated rings. The lowest BCUT2D eigenvalue weighted by Crippen LogP contribution is -2.40. The normalized spacial score (nSPS) is 23.5. The first-order chi connectivity index (χ1) is 6.88. The van der Waals surface area contributed by atoms with Gasteiger partial charge in [0.2, 0.25) is 0 Å². The Morgan fingerprint density at radius 1 is 1.40 bits per heavy atom. The molecule has 4 nitrogen and oxygen atoms in total. The molecular weight excluding hydrogens is 194 g/mol. The third kappa shape index (κ3) is 4.51. The second-order valence-corrected chi connectivity index (χ2v) is 5.08. The monoisotopic (exact) mass is 215 g/mol. The number of β-amino-alcohol motifs (C(OH)–C–C–N with tert-alkyl or cyclic N) is 1. The number of nitrogens with zero attached hydrogens (tertiary/aromatic N) is 1. The predicted molar refractivity (Wildman–Crippen MR) is 57.7 cm³/mol. The summed E-state index contributed by atoms with van der Waals surface area (Å²) in [5, 5.41) is 9.56. The summed E-state index contributed by atoms with van der Waals surface area (Å²) in [4.78, 5) is 13.3. The van der Waals surface area contributed by atoms with Crippen LogP contribution in [-0.4, -0.2) is 40.9 Å². The Kier molecular flexibility index (Phi) is 3.97. The van der Waals surface area contributed by atoms with Crippen molar-refractivity contribution in [2.75, 3.05) is 13.1 Å². The van der Waals surface area contributed by atoms with Gasteiger partial charge < -0.3 is 14.7 Å². The van der Waals surface area contributed by atoms with Crippen LogP contribution in [0.25, 0.3) is 0 Å². The molecule has 15 heavy (non-hydrogen) atoms.